The average Bonchev–Trinajstić information content (AvgIpc) is 3.13. The van der Waals surface area contributed by atoms with Crippen LogP contribution in [0.3, 0.4) is 0 Å². The fraction of sp³-hybridized carbons (Fsp3) is 0.538. The summed E-state index contributed by atoms with van der Waals surface area (Å²) in [7, 11) is 1.39. The van der Waals surface area contributed by atoms with Crippen LogP contribution in [-0.4, -0.2) is 29.7 Å². The number of hydrogen-bond donors (Lipinski definition) is 1. The van der Waals surface area contributed by atoms with Gasteiger partial charge < -0.3 is 10.1 Å². The first kappa shape index (κ1) is 24.7. The van der Waals surface area contributed by atoms with Crippen LogP contribution in [0, 0.1) is 17.2 Å². The molecule has 4 rings (SSSR count). The molecule has 0 saturated carbocycles. The smallest absolute Gasteiger partial charge is 0.341 e. The zero-order valence-electron chi connectivity index (χ0n) is 19.9. The van der Waals surface area contributed by atoms with Gasteiger partial charge in [0.25, 0.3) is 0 Å². The Morgan fingerprint density at radius 1 is 1.26 bits per heavy atom. The van der Waals surface area contributed by atoms with Gasteiger partial charge in [0.1, 0.15) is 16.1 Å². The molecule has 2 aliphatic rings. The molecule has 2 aromatic rings. The average molecular weight is 498 g/mol. The summed E-state index contributed by atoms with van der Waals surface area (Å²) >= 11 is 2.96. The molecule has 2 aromatic heterocycles. The van der Waals surface area contributed by atoms with Gasteiger partial charge in [-0.2, -0.15) is 5.26 Å². The summed E-state index contributed by atoms with van der Waals surface area (Å²) in [6, 6.07) is 4.25. The van der Waals surface area contributed by atoms with Crippen molar-refractivity contribution in [2.45, 2.75) is 76.2 Å². The number of nitrogens with zero attached hydrogens (tertiary/aromatic N) is 2. The lowest BCUT2D eigenvalue weighted by atomic mass is 9.87. The molecule has 0 aliphatic heterocycles. The highest BCUT2D eigenvalue weighted by Gasteiger charge is 2.26. The Morgan fingerprint density at radius 3 is 2.82 bits per heavy atom. The maximum atomic E-state index is 12.8. The molecular weight excluding hydrogens is 466 g/mol. The second-order valence-electron chi connectivity index (χ2n) is 9.17. The second kappa shape index (κ2) is 11.4. The van der Waals surface area contributed by atoms with Crippen molar-refractivity contribution in [3.05, 3.63) is 38.9 Å². The summed E-state index contributed by atoms with van der Waals surface area (Å²) in [5.41, 5.74) is 4.43. The van der Waals surface area contributed by atoms with E-state index in [0.717, 1.165) is 62.6 Å². The van der Waals surface area contributed by atoms with Gasteiger partial charge in [0.05, 0.1) is 18.2 Å². The Hall–Kier alpha value is -2.37. The molecule has 34 heavy (non-hydrogen) atoms. The Labute approximate surface area is 209 Å². The van der Waals surface area contributed by atoms with E-state index in [1.165, 1.54) is 47.1 Å². The molecule has 2 heterocycles. The van der Waals surface area contributed by atoms with Crippen LogP contribution in [0.25, 0.3) is 0 Å². The summed E-state index contributed by atoms with van der Waals surface area (Å²) in [4.78, 5) is 31.3. The Kier molecular flexibility index (Phi) is 8.28. The van der Waals surface area contributed by atoms with Gasteiger partial charge in [0.2, 0.25) is 5.91 Å². The van der Waals surface area contributed by atoms with Crippen molar-refractivity contribution in [3.63, 3.8) is 0 Å². The summed E-state index contributed by atoms with van der Waals surface area (Å²) < 4.78 is 5.04. The van der Waals surface area contributed by atoms with E-state index >= 15 is 0 Å². The zero-order valence-corrected chi connectivity index (χ0v) is 21.5. The maximum absolute atomic E-state index is 12.8. The van der Waals surface area contributed by atoms with Crippen LogP contribution < -0.4 is 5.32 Å². The van der Waals surface area contributed by atoms with E-state index in [4.69, 9.17) is 9.72 Å². The van der Waals surface area contributed by atoms with Crippen molar-refractivity contribution in [3.8, 4) is 6.07 Å². The van der Waals surface area contributed by atoms with Crippen LogP contribution >= 0.6 is 23.1 Å². The van der Waals surface area contributed by atoms with Crippen LogP contribution in [0.5, 0.6) is 0 Å². The van der Waals surface area contributed by atoms with Crippen molar-refractivity contribution in [1.82, 2.24) is 4.98 Å². The topological polar surface area (TPSA) is 92.1 Å². The number of pyridine rings is 1. The number of hydrogen-bond acceptors (Lipinski definition) is 7. The lowest BCUT2D eigenvalue weighted by molar-refractivity contribution is -0.115. The third-order valence-electron chi connectivity index (χ3n) is 6.60. The first-order valence-corrected chi connectivity index (χ1v) is 13.9. The van der Waals surface area contributed by atoms with Gasteiger partial charge in [-0.15, -0.1) is 23.1 Å². The van der Waals surface area contributed by atoms with E-state index in [9.17, 15) is 14.9 Å². The molecule has 1 unspecified atom stereocenters. The number of nitriles is 1. The van der Waals surface area contributed by atoms with Crippen LogP contribution in [0.1, 0.15) is 83.1 Å². The normalized spacial score (nSPS) is 17.5. The molecule has 0 fully saturated rings. The molecule has 0 radical (unpaired) electrons. The van der Waals surface area contributed by atoms with Gasteiger partial charge in [0, 0.05) is 22.7 Å². The summed E-state index contributed by atoms with van der Waals surface area (Å²) in [5, 5.41) is 13.9. The van der Waals surface area contributed by atoms with E-state index in [-0.39, 0.29) is 18.3 Å². The van der Waals surface area contributed by atoms with Crippen LogP contribution in [-0.2, 0) is 35.2 Å². The number of rotatable bonds is 6. The third-order valence-corrected chi connectivity index (χ3v) is 8.80. The summed E-state index contributed by atoms with van der Waals surface area (Å²) in [6.07, 6.45) is 9.60. The second-order valence-corrected chi connectivity index (χ2v) is 11.4. The molecule has 0 bridgehead atoms. The SMILES string of the molecule is COC(=O)c1c(NC(=O)CCSc2nc3c(cc2C#N)CC(C)CC3)sc2c1CCCCCC2. The lowest BCUT2D eigenvalue weighted by Crippen LogP contribution is -2.15. The molecule has 0 spiro atoms. The first-order chi connectivity index (χ1) is 16.5. The minimum atomic E-state index is -0.381. The van der Waals surface area contributed by atoms with Crippen molar-refractivity contribution < 1.29 is 14.3 Å². The minimum absolute atomic E-state index is 0.142. The molecule has 180 valence electrons. The van der Waals surface area contributed by atoms with Crippen LogP contribution in [0.4, 0.5) is 5.00 Å². The van der Waals surface area contributed by atoms with E-state index < -0.39 is 0 Å². The van der Waals surface area contributed by atoms with Crippen molar-refractivity contribution >= 4 is 40.0 Å². The third kappa shape index (κ3) is 5.64. The molecule has 1 amide bonds. The molecule has 1 N–H and O–H groups in total. The highest BCUT2D eigenvalue weighted by atomic mass is 32.2. The number of methoxy groups -OCH3 is 1. The number of aryl methyl sites for hydroxylation is 2. The van der Waals surface area contributed by atoms with Gasteiger partial charge in [0.15, 0.2) is 0 Å². The first-order valence-electron chi connectivity index (χ1n) is 12.1. The van der Waals surface area contributed by atoms with Gasteiger partial charge >= 0.3 is 5.97 Å². The Bertz CT molecular complexity index is 1120. The maximum Gasteiger partial charge on any atom is 0.341 e. The monoisotopic (exact) mass is 497 g/mol. The zero-order chi connectivity index (χ0) is 24.1. The van der Waals surface area contributed by atoms with Crippen LogP contribution in [0.2, 0.25) is 0 Å². The highest BCUT2D eigenvalue weighted by molar-refractivity contribution is 7.99. The van der Waals surface area contributed by atoms with Crippen molar-refractivity contribution in [1.29, 1.82) is 5.26 Å². The molecule has 0 aromatic carbocycles. The van der Waals surface area contributed by atoms with Gasteiger partial charge in [-0.25, -0.2) is 9.78 Å². The number of ether oxygens (including phenoxy) is 1. The standard InChI is InChI=1S/C26H31N3O3S2/c1-16-9-10-20-17(13-16)14-18(15-27)24(28-20)33-12-11-22(30)29-25-23(26(31)32-2)19-7-5-3-4-6-8-21(19)34-25/h14,16H,3-13H2,1-2H3,(H,29,30). The molecule has 0 saturated heterocycles. The predicted molar refractivity (Wildman–Crippen MR) is 136 cm³/mol. The quantitative estimate of drug-likeness (QED) is 0.406. The number of fused-ring (bicyclic) bond motifs is 2. The predicted octanol–water partition coefficient (Wildman–Crippen LogP) is 5.71. The largest absolute Gasteiger partial charge is 0.465 e. The van der Waals surface area contributed by atoms with E-state index in [2.05, 4.69) is 18.3 Å². The Balaban J connectivity index is 1.42. The van der Waals surface area contributed by atoms with Crippen molar-refractivity contribution in [2.24, 2.45) is 5.92 Å². The molecular formula is C26H31N3O3S2. The summed E-state index contributed by atoms with van der Waals surface area (Å²) in [6.45, 7) is 2.23. The highest BCUT2D eigenvalue weighted by Crippen LogP contribution is 2.38. The Morgan fingerprint density at radius 2 is 2.06 bits per heavy atom. The molecule has 6 nitrogen and oxygen atoms in total. The number of aromatic nitrogens is 1. The fourth-order valence-electron chi connectivity index (χ4n) is 4.77. The number of thiophene rings is 1. The lowest BCUT2D eigenvalue weighted by Gasteiger charge is -2.21. The van der Waals surface area contributed by atoms with Gasteiger partial charge in [-0.3, -0.25) is 4.79 Å². The molecule has 1 atom stereocenters. The number of carbonyl (C=O) groups is 2. The number of esters is 1. The number of anilines is 1. The fourth-order valence-corrected chi connectivity index (χ4v) is 6.98. The minimum Gasteiger partial charge on any atom is -0.465 e. The van der Waals surface area contributed by atoms with Gasteiger partial charge in [-0.05, 0) is 68.1 Å². The van der Waals surface area contributed by atoms with E-state index in [1.54, 1.807) is 0 Å². The van der Waals surface area contributed by atoms with Crippen LogP contribution in [0.15, 0.2) is 11.1 Å². The molecule has 8 heteroatoms. The van der Waals surface area contributed by atoms with E-state index in [1.807, 2.05) is 6.07 Å². The number of nitrogens with one attached hydrogen (secondary N) is 1. The molecule has 2 aliphatic carbocycles. The van der Waals surface area contributed by atoms with Gasteiger partial charge in [-0.1, -0.05) is 19.8 Å². The number of thioether (sulfide) groups is 1. The summed E-state index contributed by atoms with van der Waals surface area (Å²) in [5.74, 6) is 0.613. The number of carbonyl (C=O) groups excluding carboxylic acids is 2. The van der Waals surface area contributed by atoms with Crippen molar-refractivity contribution in [2.75, 3.05) is 18.2 Å². The van der Waals surface area contributed by atoms with E-state index in [0.29, 0.717) is 32.8 Å². The number of amides is 1.